The van der Waals surface area contributed by atoms with Crippen LogP contribution in [0.5, 0.6) is 0 Å². The van der Waals surface area contributed by atoms with Crippen LogP contribution in [-0.2, 0) is 32.2 Å². The first-order valence-electron chi connectivity index (χ1n) is 9.93. The number of hydrogen-bond donors (Lipinski definition) is 2. The Morgan fingerprint density at radius 2 is 1.48 bits per heavy atom. The minimum absolute atomic E-state index is 0.164. The van der Waals surface area contributed by atoms with E-state index in [2.05, 4.69) is 5.32 Å². The van der Waals surface area contributed by atoms with Gasteiger partial charge in [0, 0.05) is 6.92 Å². The minimum atomic E-state index is -0.542. The Labute approximate surface area is 171 Å². The van der Waals surface area contributed by atoms with Crippen molar-refractivity contribution in [3.63, 3.8) is 0 Å². The Morgan fingerprint density at radius 3 is 1.97 bits per heavy atom. The van der Waals surface area contributed by atoms with Crippen molar-refractivity contribution >= 4 is 5.91 Å². The Bertz CT molecular complexity index is 754. The molecule has 0 spiro atoms. The highest BCUT2D eigenvalue weighted by Crippen LogP contribution is 2.27. The molecule has 0 aromatic heterocycles. The number of benzene rings is 2. The number of carbonyl (C=O) groups excluding carboxylic acids is 1. The molecule has 0 aliphatic carbocycles. The van der Waals surface area contributed by atoms with Gasteiger partial charge in [-0.2, -0.15) is 0 Å². The highest BCUT2D eigenvalue weighted by molar-refractivity contribution is 5.73. The monoisotopic (exact) mass is 399 g/mol. The van der Waals surface area contributed by atoms with Crippen molar-refractivity contribution in [3.8, 4) is 0 Å². The summed E-state index contributed by atoms with van der Waals surface area (Å²) in [7, 11) is 0. The zero-order chi connectivity index (χ0) is 20.6. The van der Waals surface area contributed by atoms with Crippen molar-refractivity contribution in [1.29, 1.82) is 0 Å². The maximum absolute atomic E-state index is 11.8. The van der Waals surface area contributed by atoms with Gasteiger partial charge in [-0.15, -0.1) is 0 Å². The molecular formula is C23H29NO5. The number of ether oxygens (including phenoxy) is 3. The number of aliphatic hydroxyl groups is 1. The molecule has 1 heterocycles. The van der Waals surface area contributed by atoms with Crippen molar-refractivity contribution < 1.29 is 24.1 Å². The van der Waals surface area contributed by atoms with Crippen LogP contribution in [0, 0.1) is 0 Å². The lowest BCUT2D eigenvalue weighted by Gasteiger charge is -2.45. The van der Waals surface area contributed by atoms with Crippen molar-refractivity contribution in [2.24, 2.45) is 0 Å². The molecule has 1 saturated heterocycles. The first-order chi connectivity index (χ1) is 14.1. The van der Waals surface area contributed by atoms with E-state index in [0.717, 1.165) is 11.1 Å². The van der Waals surface area contributed by atoms with E-state index in [1.807, 2.05) is 67.6 Å². The average molecular weight is 399 g/mol. The molecule has 2 unspecified atom stereocenters. The van der Waals surface area contributed by atoms with E-state index in [9.17, 15) is 9.90 Å². The second kappa shape index (κ2) is 10.5. The van der Waals surface area contributed by atoms with Crippen LogP contribution in [-0.4, -0.2) is 48.1 Å². The van der Waals surface area contributed by atoms with Gasteiger partial charge in [0.25, 0.3) is 0 Å². The molecular weight excluding hydrogens is 370 g/mol. The molecule has 29 heavy (non-hydrogen) atoms. The molecule has 1 aliphatic heterocycles. The maximum Gasteiger partial charge on any atom is 0.217 e. The highest BCUT2D eigenvalue weighted by atomic mass is 16.6. The molecule has 156 valence electrons. The lowest BCUT2D eigenvalue weighted by molar-refractivity contribution is -0.225. The topological polar surface area (TPSA) is 77.0 Å². The summed E-state index contributed by atoms with van der Waals surface area (Å²) in [6.45, 7) is 3.88. The molecule has 1 aliphatic rings. The second-order valence-electron chi connectivity index (χ2n) is 7.31. The van der Waals surface area contributed by atoms with Crippen molar-refractivity contribution in [1.82, 2.24) is 5.32 Å². The van der Waals surface area contributed by atoms with E-state index in [1.54, 1.807) is 0 Å². The van der Waals surface area contributed by atoms with Crippen molar-refractivity contribution in [2.75, 3.05) is 6.61 Å². The quantitative estimate of drug-likeness (QED) is 0.713. The number of amides is 1. The molecule has 0 radical (unpaired) electrons. The van der Waals surface area contributed by atoms with Crippen LogP contribution in [0.1, 0.15) is 25.0 Å². The fraction of sp³-hybridized carbons (Fsp3) is 0.435. The third-order valence-electron chi connectivity index (χ3n) is 5.06. The Kier molecular flexibility index (Phi) is 7.77. The maximum atomic E-state index is 11.8. The lowest BCUT2D eigenvalue weighted by Crippen LogP contribution is -2.64. The molecule has 6 heteroatoms. The smallest absolute Gasteiger partial charge is 0.217 e. The Hall–Kier alpha value is -2.25. The third-order valence-corrected chi connectivity index (χ3v) is 5.06. The number of rotatable bonds is 8. The van der Waals surface area contributed by atoms with Gasteiger partial charge >= 0.3 is 0 Å². The Balaban J connectivity index is 1.80. The average Bonchev–Trinajstić information content (AvgIpc) is 2.74. The minimum Gasteiger partial charge on any atom is -0.394 e. The fourth-order valence-corrected chi connectivity index (χ4v) is 3.64. The van der Waals surface area contributed by atoms with E-state index in [4.69, 9.17) is 14.2 Å². The summed E-state index contributed by atoms with van der Waals surface area (Å²) in [5, 5.41) is 12.8. The van der Waals surface area contributed by atoms with Gasteiger partial charge in [0.05, 0.1) is 32.0 Å². The molecule has 2 aromatic carbocycles. The molecule has 2 aromatic rings. The van der Waals surface area contributed by atoms with Crippen molar-refractivity contribution in [2.45, 2.75) is 57.5 Å². The van der Waals surface area contributed by atoms with Gasteiger partial charge in [-0.3, -0.25) is 4.79 Å². The molecule has 0 bridgehead atoms. The molecule has 6 nitrogen and oxygen atoms in total. The van der Waals surface area contributed by atoms with E-state index < -0.39 is 18.3 Å². The predicted octanol–water partition coefficient (Wildman–Crippen LogP) is 2.44. The number of aliphatic hydroxyl groups excluding tert-OH is 1. The van der Waals surface area contributed by atoms with Gasteiger partial charge in [0.15, 0.2) is 0 Å². The van der Waals surface area contributed by atoms with Crippen LogP contribution >= 0.6 is 0 Å². The normalized spacial score (nSPS) is 26.8. The van der Waals surface area contributed by atoms with Gasteiger partial charge in [0.2, 0.25) is 5.91 Å². The van der Waals surface area contributed by atoms with Crippen LogP contribution in [0.4, 0.5) is 0 Å². The largest absolute Gasteiger partial charge is 0.394 e. The first-order valence-corrected chi connectivity index (χ1v) is 9.93. The summed E-state index contributed by atoms with van der Waals surface area (Å²) in [6.07, 6.45) is -1.87. The molecule has 3 rings (SSSR count). The van der Waals surface area contributed by atoms with Gasteiger partial charge in [-0.1, -0.05) is 60.7 Å². The summed E-state index contributed by atoms with van der Waals surface area (Å²) in [6, 6.07) is 19.2. The molecule has 0 saturated carbocycles. The lowest BCUT2D eigenvalue weighted by atomic mass is 9.92. The van der Waals surface area contributed by atoms with Gasteiger partial charge in [-0.05, 0) is 18.1 Å². The van der Waals surface area contributed by atoms with Crippen LogP contribution in [0.15, 0.2) is 60.7 Å². The number of hydrogen-bond acceptors (Lipinski definition) is 5. The van der Waals surface area contributed by atoms with Crippen LogP contribution < -0.4 is 5.32 Å². The summed E-state index contributed by atoms with van der Waals surface area (Å²) in [4.78, 5) is 11.8. The van der Waals surface area contributed by atoms with Gasteiger partial charge in [-0.25, -0.2) is 0 Å². The highest BCUT2D eigenvalue weighted by Gasteiger charge is 2.46. The zero-order valence-electron chi connectivity index (χ0n) is 16.9. The van der Waals surface area contributed by atoms with Crippen molar-refractivity contribution in [3.05, 3.63) is 71.8 Å². The summed E-state index contributed by atoms with van der Waals surface area (Å²) in [5.41, 5.74) is 2.04. The van der Waals surface area contributed by atoms with Crippen LogP contribution in [0.3, 0.4) is 0 Å². The van der Waals surface area contributed by atoms with E-state index in [0.29, 0.717) is 13.2 Å². The Morgan fingerprint density at radius 1 is 0.966 bits per heavy atom. The summed E-state index contributed by atoms with van der Waals surface area (Å²) in [5.74, 6) is -0.164. The third kappa shape index (κ3) is 5.87. The zero-order valence-corrected chi connectivity index (χ0v) is 16.9. The van der Waals surface area contributed by atoms with Crippen LogP contribution in [0.25, 0.3) is 0 Å². The van der Waals surface area contributed by atoms with E-state index >= 15 is 0 Å². The van der Waals surface area contributed by atoms with Crippen LogP contribution in [0.2, 0.25) is 0 Å². The standard InChI is InChI=1S/C23H29NO5/c1-16-21(24-17(2)26)23(28-15-19-11-7-4-8-12-19)22(20(13-25)29-16)27-14-18-9-5-3-6-10-18/h3-12,16,20-23,25H,13-15H2,1-2H3,(H,24,26)/t16-,20?,21?,22-,23+/m1/s1. The summed E-state index contributed by atoms with van der Waals surface area (Å²) >= 11 is 0. The summed E-state index contributed by atoms with van der Waals surface area (Å²) < 4.78 is 18.4. The molecule has 1 fully saturated rings. The molecule has 1 amide bonds. The SMILES string of the molecule is CC(=O)NC1[C@@H](C)OC(CO)[C@@H](OCc2ccccc2)[C@H]1OCc1ccccc1. The van der Waals surface area contributed by atoms with Gasteiger partial charge in [0.1, 0.15) is 18.3 Å². The van der Waals surface area contributed by atoms with Gasteiger partial charge < -0.3 is 24.6 Å². The number of carbonyl (C=O) groups is 1. The fourth-order valence-electron chi connectivity index (χ4n) is 3.64. The van der Waals surface area contributed by atoms with E-state index in [1.165, 1.54) is 6.92 Å². The second-order valence-corrected chi connectivity index (χ2v) is 7.31. The number of nitrogens with one attached hydrogen (secondary N) is 1. The van der Waals surface area contributed by atoms with E-state index in [-0.39, 0.29) is 24.7 Å². The molecule has 5 atom stereocenters. The first kappa shape index (κ1) is 21.5. The predicted molar refractivity (Wildman–Crippen MR) is 109 cm³/mol. The molecule has 2 N–H and O–H groups in total.